The number of halogens is 5. The highest BCUT2D eigenvalue weighted by Crippen LogP contribution is 2.48. The lowest BCUT2D eigenvalue weighted by Gasteiger charge is -2.31. The number of aromatic nitrogens is 1. The lowest BCUT2D eigenvalue weighted by Crippen LogP contribution is -2.43. The maximum absolute atomic E-state index is 14.2. The van der Waals surface area contributed by atoms with Crippen LogP contribution in [0, 0.1) is 0 Å². The van der Waals surface area contributed by atoms with E-state index in [4.69, 9.17) is 28.0 Å². The van der Waals surface area contributed by atoms with Crippen molar-refractivity contribution in [2.24, 2.45) is 4.99 Å². The number of hydroxylamine groups is 1. The van der Waals surface area contributed by atoms with Gasteiger partial charge in [0.15, 0.2) is 0 Å². The molecule has 0 radical (unpaired) electrons. The molecule has 2 aromatic rings. The predicted octanol–water partition coefficient (Wildman–Crippen LogP) is 3.24. The monoisotopic (exact) mass is 486 g/mol. The molecule has 0 aliphatic carbocycles. The summed E-state index contributed by atoms with van der Waals surface area (Å²) in [7, 11) is 0. The number of hydrogen-bond donors (Lipinski definition) is 2. The van der Waals surface area contributed by atoms with E-state index < -0.39 is 42.4 Å². The molecule has 1 saturated heterocycles. The first-order valence-electron chi connectivity index (χ1n) is 9.35. The van der Waals surface area contributed by atoms with Crippen molar-refractivity contribution in [3.05, 3.63) is 63.4 Å². The number of rotatable bonds is 4. The Kier molecular flexibility index (Phi) is 5.87. The van der Waals surface area contributed by atoms with Crippen LogP contribution in [0.3, 0.4) is 0 Å². The van der Waals surface area contributed by atoms with Crippen molar-refractivity contribution in [1.29, 1.82) is 0 Å². The van der Waals surface area contributed by atoms with Gasteiger partial charge in [-0.1, -0.05) is 29.3 Å². The number of aliphatic imine (C=N–C) groups is 1. The van der Waals surface area contributed by atoms with Crippen LogP contribution >= 0.6 is 23.2 Å². The van der Waals surface area contributed by atoms with Gasteiger partial charge in [0.25, 0.3) is 11.8 Å². The van der Waals surface area contributed by atoms with Gasteiger partial charge in [-0.25, -0.2) is 5.48 Å². The first-order valence-corrected chi connectivity index (χ1v) is 10.1. The Bertz CT molecular complexity index is 1110. The number of benzene rings is 1. The summed E-state index contributed by atoms with van der Waals surface area (Å²) in [6, 6.07) is 5.82. The number of pyridine rings is 1. The standard InChI is InChI=1S/C20H15Cl2F3N4O3/c21-12-3-2-11(5-13(12)22)19(20(23,24)25)6-15(27-9-19)10-1-4-14(26-7-10)17(30)28-16-8-32-29-18(16)31/h1-5,7,16H,6,8-9H2,(H,28,30)(H,29,31). The lowest BCUT2D eigenvalue weighted by molar-refractivity contribution is -0.183. The molecule has 1 aromatic carbocycles. The summed E-state index contributed by atoms with van der Waals surface area (Å²) in [4.78, 5) is 36.6. The second kappa shape index (κ2) is 8.34. The zero-order valence-corrected chi connectivity index (χ0v) is 17.7. The molecule has 12 heteroatoms. The largest absolute Gasteiger partial charge is 0.400 e. The lowest BCUT2D eigenvalue weighted by atomic mass is 9.77. The smallest absolute Gasteiger partial charge is 0.337 e. The summed E-state index contributed by atoms with van der Waals surface area (Å²) in [5.74, 6) is -1.10. The zero-order valence-electron chi connectivity index (χ0n) is 16.2. The van der Waals surface area contributed by atoms with Crippen molar-refractivity contribution in [2.75, 3.05) is 13.2 Å². The third-order valence-corrected chi connectivity index (χ3v) is 6.14. The van der Waals surface area contributed by atoms with E-state index in [0.29, 0.717) is 5.56 Å². The highest BCUT2D eigenvalue weighted by molar-refractivity contribution is 6.42. The number of carbonyl (C=O) groups is 2. The van der Waals surface area contributed by atoms with E-state index >= 15 is 0 Å². The number of carbonyl (C=O) groups excluding carboxylic acids is 2. The fraction of sp³-hybridized carbons (Fsp3) is 0.300. The number of alkyl halides is 3. The van der Waals surface area contributed by atoms with Crippen molar-refractivity contribution >= 4 is 40.7 Å². The highest BCUT2D eigenvalue weighted by atomic mass is 35.5. The van der Waals surface area contributed by atoms with Crippen molar-refractivity contribution < 1.29 is 27.6 Å². The van der Waals surface area contributed by atoms with Gasteiger partial charge in [-0.05, 0) is 29.8 Å². The topological polar surface area (TPSA) is 92.7 Å². The van der Waals surface area contributed by atoms with Gasteiger partial charge in [-0.2, -0.15) is 13.2 Å². The summed E-state index contributed by atoms with van der Waals surface area (Å²) in [6.07, 6.45) is -3.73. The molecule has 4 rings (SSSR count). The van der Waals surface area contributed by atoms with E-state index in [9.17, 15) is 22.8 Å². The van der Waals surface area contributed by atoms with Crippen LogP contribution in [0.2, 0.25) is 10.0 Å². The Hall–Kier alpha value is -2.69. The minimum atomic E-state index is -4.59. The Labute approximate surface area is 189 Å². The molecule has 0 saturated carbocycles. The molecule has 1 aromatic heterocycles. The van der Waals surface area contributed by atoms with E-state index in [1.165, 1.54) is 36.5 Å². The summed E-state index contributed by atoms with van der Waals surface area (Å²) in [5, 5.41) is 2.64. The van der Waals surface area contributed by atoms with E-state index in [0.717, 1.165) is 0 Å². The molecular formula is C20H15Cl2F3N4O3. The van der Waals surface area contributed by atoms with Gasteiger partial charge in [0, 0.05) is 23.9 Å². The highest BCUT2D eigenvalue weighted by Gasteiger charge is 2.58. The molecule has 2 atom stereocenters. The van der Waals surface area contributed by atoms with Gasteiger partial charge in [0.2, 0.25) is 0 Å². The molecule has 168 valence electrons. The average molecular weight is 487 g/mol. The molecule has 7 nitrogen and oxygen atoms in total. The Morgan fingerprint density at radius 3 is 2.59 bits per heavy atom. The zero-order chi connectivity index (χ0) is 23.1. The van der Waals surface area contributed by atoms with Crippen LogP contribution in [-0.4, -0.2) is 47.9 Å². The molecule has 2 N–H and O–H groups in total. The van der Waals surface area contributed by atoms with Crippen molar-refractivity contribution in [3.8, 4) is 0 Å². The normalized spacial score (nSPS) is 23.1. The summed E-state index contributed by atoms with van der Waals surface area (Å²) >= 11 is 11.8. The van der Waals surface area contributed by atoms with Gasteiger partial charge < -0.3 is 5.32 Å². The third-order valence-electron chi connectivity index (χ3n) is 5.40. The fourth-order valence-corrected chi connectivity index (χ4v) is 3.84. The molecule has 2 unspecified atom stereocenters. The fourth-order valence-electron chi connectivity index (χ4n) is 3.54. The molecular weight excluding hydrogens is 472 g/mol. The van der Waals surface area contributed by atoms with E-state index in [-0.39, 0.29) is 33.6 Å². The second-order valence-corrected chi connectivity index (χ2v) is 8.20. The SMILES string of the molecule is O=C(NC1CONC1=O)c1ccc(C2=NCC(c3ccc(Cl)c(Cl)c3)(C(F)(F)F)C2)cn1. The minimum absolute atomic E-state index is 0.00128. The first-order chi connectivity index (χ1) is 15.1. The molecule has 3 heterocycles. The van der Waals surface area contributed by atoms with E-state index in [1.54, 1.807) is 0 Å². The molecule has 0 bridgehead atoms. The number of nitrogens with zero attached hydrogens (tertiary/aromatic N) is 2. The van der Waals surface area contributed by atoms with E-state index in [1.807, 2.05) is 0 Å². The van der Waals surface area contributed by atoms with Gasteiger partial charge in [0.05, 0.1) is 16.6 Å². The number of hydrogen-bond acceptors (Lipinski definition) is 5. The average Bonchev–Trinajstić information content (AvgIpc) is 3.38. The van der Waals surface area contributed by atoms with Crippen molar-refractivity contribution in [3.63, 3.8) is 0 Å². The minimum Gasteiger partial charge on any atom is -0.337 e. The van der Waals surface area contributed by atoms with Crippen LogP contribution in [-0.2, 0) is 15.0 Å². The maximum atomic E-state index is 14.2. The van der Waals surface area contributed by atoms with Gasteiger partial charge >= 0.3 is 6.18 Å². The first kappa shape index (κ1) is 22.5. The number of nitrogens with one attached hydrogen (secondary N) is 2. The molecule has 2 aliphatic heterocycles. The molecule has 32 heavy (non-hydrogen) atoms. The van der Waals surface area contributed by atoms with Crippen molar-refractivity contribution in [2.45, 2.75) is 24.1 Å². The van der Waals surface area contributed by atoms with Crippen molar-refractivity contribution in [1.82, 2.24) is 15.8 Å². The van der Waals surface area contributed by atoms with E-state index in [2.05, 4.69) is 20.8 Å². The molecule has 0 spiro atoms. The summed E-state index contributed by atoms with van der Waals surface area (Å²) in [6.45, 7) is -0.531. The Morgan fingerprint density at radius 2 is 2.00 bits per heavy atom. The Morgan fingerprint density at radius 1 is 1.22 bits per heavy atom. The van der Waals surface area contributed by atoms with Crippen LogP contribution in [0.25, 0.3) is 0 Å². The molecule has 1 fully saturated rings. The summed E-state index contributed by atoms with van der Waals surface area (Å²) in [5.41, 5.74) is 0.399. The van der Waals surface area contributed by atoms with Gasteiger partial charge in [0.1, 0.15) is 23.8 Å². The number of amides is 2. The summed E-state index contributed by atoms with van der Waals surface area (Å²) < 4.78 is 42.5. The van der Waals surface area contributed by atoms with Crippen LogP contribution in [0.1, 0.15) is 28.0 Å². The van der Waals surface area contributed by atoms with Crippen LogP contribution in [0.5, 0.6) is 0 Å². The quantitative estimate of drug-likeness (QED) is 0.693. The molecule has 2 amide bonds. The third kappa shape index (κ3) is 4.05. The molecule has 2 aliphatic rings. The maximum Gasteiger partial charge on any atom is 0.400 e. The second-order valence-electron chi connectivity index (χ2n) is 7.38. The van der Waals surface area contributed by atoms with Crippen LogP contribution in [0.4, 0.5) is 13.2 Å². The van der Waals surface area contributed by atoms with Crippen LogP contribution in [0.15, 0.2) is 41.5 Å². The van der Waals surface area contributed by atoms with Crippen LogP contribution < -0.4 is 10.8 Å². The predicted molar refractivity (Wildman–Crippen MR) is 110 cm³/mol. The van der Waals surface area contributed by atoms with Gasteiger partial charge in [-0.15, -0.1) is 0 Å². The Balaban J connectivity index is 1.54. The van der Waals surface area contributed by atoms with Gasteiger partial charge in [-0.3, -0.25) is 24.4 Å².